The van der Waals surface area contributed by atoms with Gasteiger partial charge in [0.2, 0.25) is 0 Å². The Bertz CT molecular complexity index is 554. The molecule has 1 unspecified atom stereocenters. The Labute approximate surface area is 98.8 Å². The number of rotatable bonds is 2. The first-order chi connectivity index (χ1) is 8.36. The molecule has 2 aromatic rings. The number of pyridine rings is 1. The second-order valence-electron chi connectivity index (χ2n) is 4.13. The second-order valence-corrected chi connectivity index (χ2v) is 4.13. The van der Waals surface area contributed by atoms with E-state index in [9.17, 15) is 4.79 Å². The zero-order valence-corrected chi connectivity index (χ0v) is 9.21. The number of carbonyl (C=O) groups excluding carboxylic acids is 1. The fraction of sp³-hybridized carbons (Fsp3) is 0.231. The summed E-state index contributed by atoms with van der Waals surface area (Å²) in [6.07, 6.45) is 8.06. The van der Waals surface area contributed by atoms with Crippen molar-refractivity contribution >= 4 is 5.78 Å². The molecule has 1 aliphatic rings. The van der Waals surface area contributed by atoms with Crippen molar-refractivity contribution in [1.29, 1.82) is 0 Å². The van der Waals surface area contributed by atoms with E-state index in [-0.39, 0.29) is 11.7 Å². The Morgan fingerprint density at radius 3 is 2.94 bits per heavy atom. The molecule has 0 bridgehead atoms. The van der Waals surface area contributed by atoms with Crippen molar-refractivity contribution in [3.8, 4) is 0 Å². The maximum absolute atomic E-state index is 12.3. The summed E-state index contributed by atoms with van der Waals surface area (Å²) in [5.74, 6) is -0.0553. The third kappa shape index (κ3) is 1.71. The standard InChI is InChI=1S/C13H11N3O/c17-13(10-6-14-8-15-7-10)11-4-3-9-2-1-5-16-12(9)11/h1-2,5-8,11H,3-4H2. The summed E-state index contributed by atoms with van der Waals surface area (Å²) in [5, 5.41) is 0. The van der Waals surface area contributed by atoms with Gasteiger partial charge in [0.1, 0.15) is 6.33 Å². The molecule has 0 saturated carbocycles. The Morgan fingerprint density at radius 1 is 1.29 bits per heavy atom. The van der Waals surface area contributed by atoms with E-state index in [4.69, 9.17) is 0 Å². The number of Topliss-reactive ketones (excluding diaryl/α,β-unsaturated/α-hetero) is 1. The minimum Gasteiger partial charge on any atom is -0.293 e. The normalized spacial score (nSPS) is 17.8. The molecular weight excluding hydrogens is 214 g/mol. The van der Waals surface area contributed by atoms with Crippen molar-refractivity contribution in [1.82, 2.24) is 15.0 Å². The van der Waals surface area contributed by atoms with Crippen LogP contribution in [0.3, 0.4) is 0 Å². The highest BCUT2D eigenvalue weighted by Crippen LogP contribution is 2.33. The summed E-state index contributed by atoms with van der Waals surface area (Å²) in [6, 6.07) is 3.95. The van der Waals surface area contributed by atoms with Gasteiger partial charge in [-0.05, 0) is 24.5 Å². The highest BCUT2D eigenvalue weighted by Gasteiger charge is 2.30. The van der Waals surface area contributed by atoms with Crippen LogP contribution in [0.2, 0.25) is 0 Å². The fourth-order valence-corrected chi connectivity index (χ4v) is 2.30. The van der Waals surface area contributed by atoms with E-state index in [2.05, 4.69) is 15.0 Å². The molecule has 17 heavy (non-hydrogen) atoms. The number of carbonyl (C=O) groups is 1. The Hall–Kier alpha value is -2.10. The summed E-state index contributed by atoms with van der Waals surface area (Å²) >= 11 is 0. The van der Waals surface area contributed by atoms with Crippen molar-refractivity contribution in [3.05, 3.63) is 53.9 Å². The Kier molecular flexibility index (Phi) is 2.40. The molecule has 0 radical (unpaired) electrons. The van der Waals surface area contributed by atoms with E-state index in [1.54, 1.807) is 18.6 Å². The summed E-state index contributed by atoms with van der Waals surface area (Å²) in [4.78, 5) is 24.4. The van der Waals surface area contributed by atoms with Crippen molar-refractivity contribution in [2.45, 2.75) is 18.8 Å². The third-order valence-corrected chi connectivity index (χ3v) is 3.12. The quantitative estimate of drug-likeness (QED) is 0.731. The van der Waals surface area contributed by atoms with Crippen molar-refractivity contribution < 1.29 is 4.79 Å². The first kappa shape index (κ1) is 10.1. The molecule has 0 amide bonds. The zero-order chi connectivity index (χ0) is 11.7. The lowest BCUT2D eigenvalue weighted by atomic mass is 9.97. The van der Waals surface area contributed by atoms with E-state index >= 15 is 0 Å². The van der Waals surface area contributed by atoms with Crippen LogP contribution >= 0.6 is 0 Å². The largest absolute Gasteiger partial charge is 0.293 e. The highest BCUT2D eigenvalue weighted by molar-refractivity contribution is 6.00. The van der Waals surface area contributed by atoms with E-state index in [1.165, 1.54) is 11.9 Å². The van der Waals surface area contributed by atoms with Gasteiger partial charge in [0.25, 0.3) is 0 Å². The maximum atomic E-state index is 12.3. The van der Waals surface area contributed by atoms with E-state index in [0.29, 0.717) is 5.56 Å². The molecule has 0 spiro atoms. The molecule has 84 valence electrons. The molecule has 2 aromatic heterocycles. The number of hydrogen-bond donors (Lipinski definition) is 0. The van der Waals surface area contributed by atoms with Gasteiger partial charge < -0.3 is 0 Å². The number of aromatic nitrogens is 3. The summed E-state index contributed by atoms with van der Waals surface area (Å²) < 4.78 is 0. The van der Waals surface area contributed by atoms with E-state index < -0.39 is 0 Å². The predicted molar refractivity (Wildman–Crippen MR) is 61.7 cm³/mol. The average Bonchev–Trinajstić information content (AvgIpc) is 2.83. The van der Waals surface area contributed by atoms with Crippen LogP contribution in [0.5, 0.6) is 0 Å². The molecular formula is C13H11N3O. The van der Waals surface area contributed by atoms with Crippen LogP contribution in [0.15, 0.2) is 37.1 Å². The van der Waals surface area contributed by atoms with Gasteiger partial charge in [-0.3, -0.25) is 9.78 Å². The second kappa shape index (κ2) is 4.05. The van der Waals surface area contributed by atoms with Gasteiger partial charge in [-0.15, -0.1) is 0 Å². The number of aryl methyl sites for hydroxylation is 1. The molecule has 4 heteroatoms. The molecule has 0 saturated heterocycles. The predicted octanol–water partition coefficient (Wildman–Crippen LogP) is 1.78. The van der Waals surface area contributed by atoms with Gasteiger partial charge in [-0.1, -0.05) is 6.07 Å². The lowest BCUT2D eigenvalue weighted by Gasteiger charge is -2.08. The topological polar surface area (TPSA) is 55.7 Å². The third-order valence-electron chi connectivity index (χ3n) is 3.12. The van der Waals surface area contributed by atoms with Crippen molar-refractivity contribution in [3.63, 3.8) is 0 Å². The van der Waals surface area contributed by atoms with Gasteiger partial charge >= 0.3 is 0 Å². The van der Waals surface area contributed by atoms with Gasteiger partial charge in [0.15, 0.2) is 5.78 Å². The van der Waals surface area contributed by atoms with Gasteiger partial charge in [-0.25, -0.2) is 9.97 Å². The lowest BCUT2D eigenvalue weighted by Crippen LogP contribution is -2.11. The molecule has 4 nitrogen and oxygen atoms in total. The summed E-state index contributed by atoms with van der Waals surface area (Å²) in [5.41, 5.74) is 2.67. The van der Waals surface area contributed by atoms with Crippen LogP contribution in [0.25, 0.3) is 0 Å². The van der Waals surface area contributed by atoms with Gasteiger partial charge in [-0.2, -0.15) is 0 Å². The van der Waals surface area contributed by atoms with Crippen LogP contribution in [0.4, 0.5) is 0 Å². The Morgan fingerprint density at radius 2 is 2.12 bits per heavy atom. The number of nitrogens with zero attached hydrogens (tertiary/aromatic N) is 3. The number of fused-ring (bicyclic) bond motifs is 1. The van der Waals surface area contributed by atoms with Crippen molar-refractivity contribution in [2.24, 2.45) is 0 Å². The van der Waals surface area contributed by atoms with Crippen molar-refractivity contribution in [2.75, 3.05) is 0 Å². The molecule has 1 aliphatic carbocycles. The van der Waals surface area contributed by atoms with E-state index in [1.807, 2.05) is 12.1 Å². The molecule has 2 heterocycles. The average molecular weight is 225 g/mol. The molecule has 1 atom stereocenters. The van der Waals surface area contributed by atoms with Crippen LogP contribution in [-0.4, -0.2) is 20.7 Å². The van der Waals surface area contributed by atoms with Crippen LogP contribution in [0.1, 0.15) is 34.0 Å². The SMILES string of the molecule is O=C(c1cncnc1)C1CCc2cccnc21. The molecule has 0 aromatic carbocycles. The summed E-state index contributed by atoms with van der Waals surface area (Å²) in [6.45, 7) is 0. The minimum atomic E-state index is -0.128. The number of hydrogen-bond acceptors (Lipinski definition) is 4. The van der Waals surface area contributed by atoms with Crippen LogP contribution in [-0.2, 0) is 6.42 Å². The minimum absolute atomic E-state index is 0.0723. The van der Waals surface area contributed by atoms with Crippen LogP contribution < -0.4 is 0 Å². The molecule has 3 rings (SSSR count). The van der Waals surface area contributed by atoms with Crippen LogP contribution in [0, 0.1) is 0 Å². The lowest BCUT2D eigenvalue weighted by molar-refractivity contribution is 0.0957. The molecule has 0 fully saturated rings. The smallest absolute Gasteiger partial charge is 0.175 e. The number of ketones is 1. The van der Waals surface area contributed by atoms with Gasteiger partial charge in [0.05, 0.1) is 17.2 Å². The monoisotopic (exact) mass is 225 g/mol. The zero-order valence-electron chi connectivity index (χ0n) is 9.21. The first-order valence-corrected chi connectivity index (χ1v) is 5.59. The van der Waals surface area contributed by atoms with E-state index in [0.717, 1.165) is 18.5 Å². The maximum Gasteiger partial charge on any atom is 0.175 e. The molecule has 0 aliphatic heterocycles. The first-order valence-electron chi connectivity index (χ1n) is 5.59. The highest BCUT2D eigenvalue weighted by atomic mass is 16.1. The molecule has 0 N–H and O–H groups in total. The van der Waals surface area contributed by atoms with Gasteiger partial charge in [0, 0.05) is 18.6 Å². The summed E-state index contributed by atoms with van der Waals surface area (Å²) in [7, 11) is 0. The fourth-order valence-electron chi connectivity index (χ4n) is 2.30. The Balaban J connectivity index is 1.95.